The van der Waals surface area contributed by atoms with Gasteiger partial charge in [-0.2, -0.15) is 0 Å². The van der Waals surface area contributed by atoms with Gasteiger partial charge in [0, 0.05) is 0 Å². The standard InChI is InChI=1S/C7H6O3.BrH.2H3N/c8-6-4-2-1-3-5(6)7(9)10;;;/h1-4,8H,(H,9,10);1H;2*1H3. The smallest absolute Gasteiger partial charge is 0.335 e. The van der Waals surface area contributed by atoms with Crippen molar-refractivity contribution in [2.24, 2.45) is 0 Å². The molecule has 13 heavy (non-hydrogen) atoms. The Morgan fingerprint density at radius 1 is 1.23 bits per heavy atom. The number of carboxylic acids is 1. The second kappa shape index (κ2) is 7.53. The highest BCUT2D eigenvalue weighted by molar-refractivity contribution is 5.90. The van der Waals surface area contributed by atoms with Crippen LogP contribution in [-0.4, -0.2) is 11.1 Å². The Morgan fingerprint density at radius 3 is 2.00 bits per heavy atom. The maximum absolute atomic E-state index is 10.7. The van der Waals surface area contributed by atoms with Crippen molar-refractivity contribution in [3.8, 4) is 5.75 Å². The van der Waals surface area contributed by atoms with Crippen LogP contribution in [0.25, 0.3) is 0 Å². The summed E-state index contributed by atoms with van der Waals surface area (Å²) >= 11 is 0. The van der Waals surface area contributed by atoms with Crippen LogP contribution >= 0.6 is 0 Å². The summed E-state index contributed by atoms with van der Waals surface area (Å²) in [6.07, 6.45) is 0. The predicted molar refractivity (Wildman–Crippen MR) is 44.8 cm³/mol. The maximum atomic E-state index is 10.7. The first-order valence-corrected chi connectivity index (χ1v) is 2.71. The van der Waals surface area contributed by atoms with Gasteiger partial charge in [0.05, 0.1) is 5.56 Å². The van der Waals surface area contributed by atoms with Crippen LogP contribution in [0.1, 0.15) is 10.4 Å². The van der Waals surface area contributed by atoms with Crippen molar-refractivity contribution in [2.75, 3.05) is 0 Å². The van der Waals surface area contributed by atoms with Gasteiger partial charge in [-0.1, -0.05) is 23.9 Å². The van der Waals surface area contributed by atoms with Gasteiger partial charge in [-0.15, -0.1) is 0 Å². The quantitative estimate of drug-likeness (QED) is 0.545. The fourth-order valence-corrected chi connectivity index (χ4v) is 0.643. The van der Waals surface area contributed by atoms with E-state index in [0.29, 0.717) is 0 Å². The Kier molecular flexibility index (Phi) is 10.3. The normalized spacial score (nSPS) is 7.08. The molecule has 0 aliphatic heterocycles. The van der Waals surface area contributed by atoms with E-state index >= 15 is 0 Å². The van der Waals surface area contributed by atoms with Crippen molar-refractivity contribution >= 4 is 5.97 Å². The van der Waals surface area contributed by atoms with Gasteiger partial charge in [-0.25, -0.2) is 4.79 Å². The average Bonchev–Trinajstić information content (AvgIpc) is 1.88. The summed E-state index contributed by atoms with van der Waals surface area (Å²) in [6, 6.07) is 5.54. The zero-order valence-corrected chi connectivity index (χ0v) is 9.04. The summed E-state index contributed by atoms with van der Waals surface area (Å²) in [6.45, 7) is 0. The lowest BCUT2D eigenvalue weighted by molar-refractivity contribution is -0.268. The number of benzene rings is 1. The van der Waals surface area contributed by atoms with Gasteiger partial charge >= 0.3 is 5.97 Å². The van der Waals surface area contributed by atoms with Crippen molar-refractivity contribution in [1.82, 2.24) is 12.3 Å². The summed E-state index contributed by atoms with van der Waals surface area (Å²) in [5.41, 5.74) is -0.178. The van der Waals surface area contributed by atoms with Crippen LogP contribution in [0.4, 0.5) is 0 Å². The van der Waals surface area contributed by atoms with Gasteiger partial charge in [0.2, 0.25) is 0 Å². The van der Waals surface area contributed by atoms with E-state index in [0.717, 1.165) is 0 Å². The highest BCUT2D eigenvalue weighted by atomic mass is 79.9. The Bertz CT molecular complexity index is 268. The van der Waals surface area contributed by atoms with Crippen LogP contribution < -0.4 is 34.4 Å². The Morgan fingerprint density at radius 2 is 1.69 bits per heavy atom. The fraction of sp³-hybridized carbons (Fsp3) is 0. The lowest BCUT2D eigenvalue weighted by Crippen LogP contribution is -3.00. The van der Waals surface area contributed by atoms with E-state index in [1.165, 1.54) is 24.3 Å². The summed E-state index contributed by atoms with van der Waals surface area (Å²) in [4.78, 5) is 10.2. The number of carboxylic acid groups (broad SMARTS) is 1. The molecule has 0 aromatic heterocycles. The largest absolute Gasteiger partial charge is 1.00 e. The van der Waals surface area contributed by atoms with E-state index in [2.05, 4.69) is 0 Å². The molecule has 1 rings (SSSR count). The molecule has 0 unspecified atom stereocenters. The van der Waals surface area contributed by atoms with Gasteiger partial charge in [-0.05, 0) is 6.07 Å². The van der Waals surface area contributed by atoms with E-state index in [1.54, 1.807) is 0 Å². The first-order chi connectivity index (χ1) is 4.72. The molecule has 1 aromatic rings. The Balaban J connectivity index is -0.000000333. The molecule has 0 heterocycles. The third kappa shape index (κ3) is 4.46. The number of carbonyl (C=O) groups is 1. The van der Waals surface area contributed by atoms with E-state index in [1.807, 2.05) is 0 Å². The second-order valence-corrected chi connectivity index (χ2v) is 1.80. The topological polar surface area (TPSA) is 133 Å². The zero-order chi connectivity index (χ0) is 7.56. The molecule has 0 amide bonds. The van der Waals surface area contributed by atoms with Gasteiger partial charge in [0.15, 0.2) is 0 Å². The molecular weight excluding hydrogens is 240 g/mol. The van der Waals surface area contributed by atoms with Gasteiger partial charge in [0.1, 0.15) is 0 Å². The zero-order valence-electron chi connectivity index (χ0n) is 7.45. The minimum atomic E-state index is -1.18. The van der Waals surface area contributed by atoms with E-state index < -0.39 is 11.7 Å². The number of hydrogen-bond acceptors (Lipinski definition) is 2. The molecule has 0 spiro atoms. The minimum Gasteiger partial charge on any atom is -1.00 e. The number of halogens is 1. The first-order valence-electron chi connectivity index (χ1n) is 2.71. The molecule has 0 bridgehead atoms. The molecule has 6 heteroatoms. The summed E-state index contributed by atoms with van der Waals surface area (Å²) < 4.78 is 0. The fourth-order valence-electron chi connectivity index (χ4n) is 0.643. The van der Waals surface area contributed by atoms with E-state index in [4.69, 9.17) is 5.11 Å². The summed E-state index contributed by atoms with van der Waals surface area (Å²) in [5.74, 6) is -1.62. The van der Waals surface area contributed by atoms with Gasteiger partial charge in [0.25, 0.3) is 0 Å². The van der Waals surface area contributed by atoms with Crippen molar-refractivity contribution in [1.29, 1.82) is 0 Å². The molecule has 0 fully saturated rings. The lowest BCUT2D eigenvalue weighted by atomic mass is 10.2. The number of quaternary nitrogens is 2. The molecule has 0 saturated heterocycles. The number of rotatable bonds is 1. The van der Waals surface area contributed by atoms with Gasteiger partial charge < -0.3 is 39.5 Å². The van der Waals surface area contributed by atoms with Crippen LogP contribution in [0.5, 0.6) is 5.75 Å². The molecule has 9 N–H and O–H groups in total. The molecular formula is C7H13BrN2O3. The number of aromatic carboxylic acids is 1. The van der Waals surface area contributed by atoms with Crippen molar-refractivity contribution in [3.05, 3.63) is 29.8 Å². The van der Waals surface area contributed by atoms with Crippen LogP contribution in [0.3, 0.4) is 0 Å². The van der Waals surface area contributed by atoms with Crippen molar-refractivity contribution in [3.63, 3.8) is 0 Å². The maximum Gasteiger partial charge on any atom is 0.335 e. The summed E-state index contributed by atoms with van der Waals surface area (Å²) in [5, 5.41) is 19.0. The van der Waals surface area contributed by atoms with E-state index in [-0.39, 0.29) is 34.8 Å². The average molecular weight is 253 g/mol. The SMILES string of the molecule is O=C(O)c1ccccc1[O-].[Br-].[NH4+].[NH4+]. The molecule has 0 aliphatic rings. The van der Waals surface area contributed by atoms with Crippen LogP contribution in [0, 0.1) is 0 Å². The van der Waals surface area contributed by atoms with E-state index in [9.17, 15) is 9.90 Å². The second-order valence-electron chi connectivity index (χ2n) is 1.80. The third-order valence-corrected chi connectivity index (χ3v) is 1.12. The summed E-state index contributed by atoms with van der Waals surface area (Å²) in [7, 11) is 0. The van der Waals surface area contributed by atoms with Crippen molar-refractivity contribution < 1.29 is 32.0 Å². The van der Waals surface area contributed by atoms with Crippen LogP contribution in [0.2, 0.25) is 0 Å². The number of hydrogen-bond donors (Lipinski definition) is 3. The molecule has 0 radical (unpaired) electrons. The first kappa shape index (κ1) is 17.8. The van der Waals surface area contributed by atoms with Gasteiger partial charge in [-0.3, -0.25) is 0 Å². The third-order valence-electron chi connectivity index (χ3n) is 1.12. The highest BCUT2D eigenvalue weighted by Gasteiger charge is 1.99. The number of para-hydroxylation sites is 1. The lowest BCUT2D eigenvalue weighted by Gasteiger charge is -2.07. The molecule has 0 saturated carbocycles. The molecule has 76 valence electrons. The predicted octanol–water partition coefficient (Wildman–Crippen LogP) is -1.79. The van der Waals surface area contributed by atoms with Crippen molar-refractivity contribution in [2.45, 2.75) is 0 Å². The Labute approximate surface area is 86.3 Å². The Hall–Kier alpha value is -1.11. The highest BCUT2D eigenvalue weighted by Crippen LogP contribution is 2.10. The monoisotopic (exact) mass is 252 g/mol. The molecule has 5 nitrogen and oxygen atoms in total. The van der Waals surface area contributed by atoms with Crippen LogP contribution in [0.15, 0.2) is 24.3 Å². The molecule has 1 aromatic carbocycles. The van der Waals surface area contributed by atoms with Crippen LogP contribution in [-0.2, 0) is 0 Å². The molecule has 0 aliphatic carbocycles. The minimum absolute atomic E-state index is 0. The molecule has 0 atom stereocenters.